The van der Waals surface area contributed by atoms with Crippen LogP contribution in [0.2, 0.25) is 0 Å². The molecule has 0 saturated heterocycles. The fraction of sp³-hybridized carbons (Fsp3) is 0.400. The molecule has 0 saturated carbocycles. The molecule has 0 fully saturated rings. The number of likely N-dealkylation sites (N-methyl/N-ethyl adjacent to an activating group) is 2. The van der Waals surface area contributed by atoms with Gasteiger partial charge >= 0.3 is 0 Å². The van der Waals surface area contributed by atoms with Gasteiger partial charge in [-0.15, -0.1) is 0 Å². The molecule has 0 radical (unpaired) electrons. The van der Waals surface area contributed by atoms with E-state index in [1.165, 1.54) is 4.90 Å². The van der Waals surface area contributed by atoms with E-state index >= 15 is 0 Å². The molecule has 1 aliphatic rings. The molecule has 1 heterocycles. The van der Waals surface area contributed by atoms with Crippen molar-refractivity contribution in [1.29, 1.82) is 0 Å². The second-order valence-corrected chi connectivity index (χ2v) is 5.16. The zero-order valence-corrected chi connectivity index (χ0v) is 12.5. The molecule has 112 valence electrons. The van der Waals surface area contributed by atoms with Crippen molar-refractivity contribution in [1.82, 2.24) is 15.1 Å². The number of nitrogens with zero attached hydrogens (tertiary/aromatic N) is 2. The lowest BCUT2D eigenvalue weighted by atomic mass is 10.1. The summed E-state index contributed by atoms with van der Waals surface area (Å²) in [4.78, 5) is 39.1. The third-order valence-corrected chi connectivity index (χ3v) is 3.54. The van der Waals surface area contributed by atoms with Gasteiger partial charge in [-0.25, -0.2) is 0 Å². The number of carbonyl (C=O) groups excluding carboxylic acids is 3. The van der Waals surface area contributed by atoms with Crippen molar-refractivity contribution < 1.29 is 14.4 Å². The van der Waals surface area contributed by atoms with Crippen LogP contribution < -0.4 is 5.32 Å². The van der Waals surface area contributed by atoms with Crippen molar-refractivity contribution in [3.05, 3.63) is 34.9 Å². The molecular weight excluding hydrogens is 270 g/mol. The van der Waals surface area contributed by atoms with Gasteiger partial charge in [-0.3, -0.25) is 19.3 Å². The molecule has 0 bridgehead atoms. The minimum atomic E-state index is -0.398. The molecule has 0 spiro atoms. The standard InChI is InChI=1S/C15H19N3O3/c1-10-4-5-11-12(8-10)15(21)18(14(11)20)9-13(19)17(3)7-6-16-2/h4-5,8,16H,6-7,9H2,1-3H3. The number of aryl methyl sites for hydroxylation is 1. The van der Waals surface area contributed by atoms with E-state index < -0.39 is 11.8 Å². The van der Waals surface area contributed by atoms with Gasteiger partial charge in [0.15, 0.2) is 0 Å². The van der Waals surface area contributed by atoms with Crippen LogP contribution in [0.1, 0.15) is 26.3 Å². The van der Waals surface area contributed by atoms with Gasteiger partial charge < -0.3 is 10.2 Å². The topological polar surface area (TPSA) is 69.7 Å². The summed E-state index contributed by atoms with van der Waals surface area (Å²) >= 11 is 0. The summed E-state index contributed by atoms with van der Waals surface area (Å²) in [5.41, 5.74) is 1.66. The predicted octanol–water partition coefficient (Wildman–Crippen LogP) is 0.269. The van der Waals surface area contributed by atoms with Crippen molar-refractivity contribution >= 4 is 17.7 Å². The lowest BCUT2D eigenvalue weighted by molar-refractivity contribution is -0.130. The maximum Gasteiger partial charge on any atom is 0.262 e. The zero-order valence-electron chi connectivity index (χ0n) is 12.5. The Kier molecular flexibility index (Phi) is 4.37. The molecule has 21 heavy (non-hydrogen) atoms. The molecule has 2 rings (SSSR count). The second kappa shape index (κ2) is 6.05. The normalized spacial score (nSPS) is 13.6. The number of benzene rings is 1. The summed E-state index contributed by atoms with van der Waals surface area (Å²) in [6.07, 6.45) is 0. The Morgan fingerprint density at radius 3 is 2.57 bits per heavy atom. The molecule has 1 N–H and O–H groups in total. The van der Waals surface area contributed by atoms with Gasteiger partial charge in [0.05, 0.1) is 11.1 Å². The average molecular weight is 289 g/mol. The van der Waals surface area contributed by atoms with Crippen molar-refractivity contribution in [3.63, 3.8) is 0 Å². The summed E-state index contributed by atoms with van der Waals surface area (Å²) in [5, 5.41) is 2.94. The van der Waals surface area contributed by atoms with Gasteiger partial charge in [0, 0.05) is 20.1 Å². The highest BCUT2D eigenvalue weighted by Crippen LogP contribution is 2.23. The zero-order chi connectivity index (χ0) is 15.6. The first-order valence-electron chi connectivity index (χ1n) is 6.81. The van der Waals surface area contributed by atoms with Gasteiger partial charge in [0.2, 0.25) is 5.91 Å². The second-order valence-electron chi connectivity index (χ2n) is 5.16. The van der Waals surface area contributed by atoms with Crippen molar-refractivity contribution in [2.45, 2.75) is 6.92 Å². The predicted molar refractivity (Wildman–Crippen MR) is 78.1 cm³/mol. The molecule has 0 unspecified atom stereocenters. The van der Waals surface area contributed by atoms with Gasteiger partial charge in [-0.2, -0.15) is 0 Å². The SMILES string of the molecule is CNCCN(C)C(=O)CN1C(=O)c2ccc(C)cc2C1=O. The van der Waals surface area contributed by atoms with Crippen LogP contribution >= 0.6 is 0 Å². The Morgan fingerprint density at radius 1 is 1.24 bits per heavy atom. The van der Waals surface area contributed by atoms with Crippen LogP contribution in [0.4, 0.5) is 0 Å². The highest BCUT2D eigenvalue weighted by atomic mass is 16.2. The largest absolute Gasteiger partial charge is 0.343 e. The number of carbonyl (C=O) groups is 3. The Balaban J connectivity index is 2.11. The van der Waals surface area contributed by atoms with Gasteiger partial charge in [0.1, 0.15) is 6.54 Å². The first-order chi connectivity index (χ1) is 9.95. The number of hydrogen-bond acceptors (Lipinski definition) is 4. The summed E-state index contributed by atoms with van der Waals surface area (Å²) < 4.78 is 0. The number of nitrogens with one attached hydrogen (secondary N) is 1. The third-order valence-electron chi connectivity index (χ3n) is 3.54. The minimum Gasteiger partial charge on any atom is -0.343 e. The summed E-state index contributed by atoms with van der Waals surface area (Å²) in [7, 11) is 3.45. The van der Waals surface area contributed by atoms with E-state index in [1.54, 1.807) is 32.3 Å². The van der Waals surface area contributed by atoms with Crippen molar-refractivity contribution in [2.24, 2.45) is 0 Å². The molecule has 0 atom stereocenters. The lowest BCUT2D eigenvalue weighted by Crippen LogP contribution is -2.42. The fourth-order valence-corrected chi connectivity index (χ4v) is 2.21. The van der Waals surface area contributed by atoms with Crippen LogP contribution in [0.15, 0.2) is 18.2 Å². The molecule has 6 nitrogen and oxygen atoms in total. The van der Waals surface area contributed by atoms with E-state index in [0.29, 0.717) is 24.2 Å². The summed E-state index contributed by atoms with van der Waals surface area (Å²) in [5.74, 6) is -1.05. The summed E-state index contributed by atoms with van der Waals surface area (Å²) in [6, 6.07) is 5.11. The third kappa shape index (κ3) is 2.95. The van der Waals surface area contributed by atoms with Crippen molar-refractivity contribution in [3.8, 4) is 0 Å². The Labute approximate surface area is 123 Å². The number of hydrogen-bond donors (Lipinski definition) is 1. The molecule has 1 aromatic rings. The van der Waals surface area contributed by atoms with E-state index in [9.17, 15) is 14.4 Å². The number of imide groups is 1. The highest BCUT2D eigenvalue weighted by molar-refractivity contribution is 6.22. The van der Waals surface area contributed by atoms with Crippen molar-refractivity contribution in [2.75, 3.05) is 33.7 Å². The van der Waals surface area contributed by atoms with Crippen LogP contribution in [0.3, 0.4) is 0 Å². The van der Waals surface area contributed by atoms with E-state index in [4.69, 9.17) is 0 Å². The van der Waals surface area contributed by atoms with Gasteiger partial charge in [-0.05, 0) is 26.1 Å². The first kappa shape index (κ1) is 15.2. The maximum atomic E-state index is 12.3. The monoisotopic (exact) mass is 289 g/mol. The van der Waals surface area contributed by atoms with Gasteiger partial charge in [-0.1, -0.05) is 11.6 Å². The average Bonchev–Trinajstić information content (AvgIpc) is 2.69. The molecule has 0 aliphatic carbocycles. The van der Waals surface area contributed by atoms with Crippen LogP contribution in [0.25, 0.3) is 0 Å². The molecule has 6 heteroatoms. The van der Waals surface area contributed by atoms with Crippen LogP contribution in [0.5, 0.6) is 0 Å². The molecular formula is C15H19N3O3. The number of rotatable bonds is 5. The maximum absolute atomic E-state index is 12.3. The highest BCUT2D eigenvalue weighted by Gasteiger charge is 2.36. The minimum absolute atomic E-state index is 0.217. The number of amides is 3. The Bertz CT molecular complexity index is 598. The number of fused-ring (bicyclic) bond motifs is 1. The first-order valence-corrected chi connectivity index (χ1v) is 6.81. The fourth-order valence-electron chi connectivity index (χ4n) is 2.21. The molecule has 1 aliphatic heterocycles. The summed E-state index contributed by atoms with van der Waals surface area (Å²) in [6.45, 7) is 2.82. The quantitative estimate of drug-likeness (QED) is 0.790. The van der Waals surface area contributed by atoms with Crippen LogP contribution in [-0.4, -0.2) is 61.3 Å². The van der Waals surface area contributed by atoms with Crippen LogP contribution in [0, 0.1) is 6.92 Å². The molecule has 3 amide bonds. The lowest BCUT2D eigenvalue weighted by Gasteiger charge is -2.20. The van der Waals surface area contributed by atoms with Gasteiger partial charge in [0.25, 0.3) is 11.8 Å². The van der Waals surface area contributed by atoms with E-state index in [-0.39, 0.29) is 12.5 Å². The molecule has 1 aromatic carbocycles. The van der Waals surface area contributed by atoms with E-state index in [0.717, 1.165) is 10.5 Å². The van der Waals surface area contributed by atoms with E-state index in [2.05, 4.69) is 5.32 Å². The van der Waals surface area contributed by atoms with E-state index in [1.807, 2.05) is 6.92 Å². The van der Waals surface area contributed by atoms with Crippen LogP contribution in [-0.2, 0) is 4.79 Å². The Morgan fingerprint density at radius 2 is 1.90 bits per heavy atom. The smallest absolute Gasteiger partial charge is 0.262 e. The molecule has 0 aromatic heterocycles. The Hall–Kier alpha value is -2.21.